The van der Waals surface area contributed by atoms with E-state index in [2.05, 4.69) is 18.2 Å². The van der Waals surface area contributed by atoms with Gasteiger partial charge in [0.2, 0.25) is 5.91 Å². The Morgan fingerprint density at radius 2 is 1.59 bits per heavy atom. The Hall–Kier alpha value is -1.97. The zero-order valence-electron chi connectivity index (χ0n) is 29.1. The van der Waals surface area contributed by atoms with E-state index in [-0.39, 0.29) is 47.5 Å². The second-order valence-electron chi connectivity index (χ2n) is 12.9. The average molecular weight is 665 g/mol. The van der Waals surface area contributed by atoms with E-state index in [1.807, 2.05) is 30.9 Å². The van der Waals surface area contributed by atoms with Crippen LogP contribution in [0.5, 0.6) is 0 Å². The average Bonchev–Trinajstić information content (AvgIpc) is 3.09. The molecule has 0 spiro atoms. The Morgan fingerprint density at radius 3 is 2.20 bits per heavy atom. The molecule has 3 atom stereocenters. The van der Waals surface area contributed by atoms with Crippen molar-refractivity contribution in [2.24, 2.45) is 22.7 Å². The third kappa shape index (κ3) is 12.9. The number of aliphatic imine (C=N–C) groups is 1. The number of aliphatic hydroxyl groups excluding tert-OH is 1. The molecule has 46 heavy (non-hydrogen) atoms. The molecule has 0 radical (unpaired) electrons. The van der Waals surface area contributed by atoms with Crippen molar-refractivity contribution < 1.29 is 27.8 Å². The minimum atomic E-state index is -3.18. The summed E-state index contributed by atoms with van der Waals surface area (Å²) in [5, 5.41) is 8.74. The molecule has 3 unspecified atom stereocenters. The van der Waals surface area contributed by atoms with E-state index < -0.39 is 9.84 Å². The molecule has 9 heteroatoms. The number of ether oxygens (including phenoxy) is 2. The molecule has 1 aliphatic heterocycles. The van der Waals surface area contributed by atoms with Crippen LogP contribution in [-0.4, -0.2) is 86.8 Å². The van der Waals surface area contributed by atoms with Crippen LogP contribution in [0.4, 0.5) is 0 Å². The molecule has 0 aromatic carbocycles. The lowest BCUT2D eigenvalue weighted by Gasteiger charge is -2.47. The summed E-state index contributed by atoms with van der Waals surface area (Å²) in [5.41, 5.74) is 0. The monoisotopic (exact) mass is 664 g/mol. The number of rotatable bonds is 13. The fourth-order valence-corrected chi connectivity index (χ4v) is 9.30. The van der Waals surface area contributed by atoms with E-state index in [0.29, 0.717) is 32.1 Å². The molecule has 3 saturated carbocycles. The highest BCUT2D eigenvalue weighted by atomic mass is 32.2. The molecule has 4 rings (SSSR count). The molecule has 0 bridgehead atoms. The number of aliphatic hydroxyl groups is 1. The van der Waals surface area contributed by atoms with Crippen LogP contribution in [0.2, 0.25) is 0 Å². The van der Waals surface area contributed by atoms with E-state index in [1.54, 1.807) is 19.2 Å². The number of likely N-dealkylation sites (tertiary alicyclic amines) is 1. The number of hydrogen-bond donors (Lipinski definition) is 1. The number of allylic oxidation sites excluding steroid dienone is 4. The van der Waals surface area contributed by atoms with E-state index in [4.69, 9.17) is 14.6 Å². The summed E-state index contributed by atoms with van der Waals surface area (Å²) >= 11 is 0. The van der Waals surface area contributed by atoms with Gasteiger partial charge in [-0.2, -0.15) is 0 Å². The van der Waals surface area contributed by atoms with Gasteiger partial charge in [-0.3, -0.25) is 9.79 Å². The Kier molecular flexibility index (Phi) is 19.7. The molecule has 1 N–H and O–H groups in total. The summed E-state index contributed by atoms with van der Waals surface area (Å²) < 4.78 is 38.3. The Balaban J connectivity index is 0.000000826. The second-order valence-corrected chi connectivity index (χ2v) is 15.3. The molecule has 4 fully saturated rings. The molecule has 1 amide bonds. The lowest BCUT2D eigenvalue weighted by Crippen LogP contribution is -2.56. The second kappa shape index (κ2) is 22.6. The predicted octanol–water partition coefficient (Wildman–Crippen LogP) is 7.08. The quantitative estimate of drug-likeness (QED) is 0.0976. The summed E-state index contributed by atoms with van der Waals surface area (Å²) in [4.78, 5) is 20.1. The number of hydrogen-bond acceptors (Lipinski definition) is 7. The maximum Gasteiger partial charge on any atom is 0.229 e. The lowest BCUT2D eigenvalue weighted by molar-refractivity contribution is -0.147. The van der Waals surface area contributed by atoms with Crippen LogP contribution in [0, 0.1) is 17.8 Å². The van der Waals surface area contributed by atoms with E-state index in [0.717, 1.165) is 89.4 Å². The van der Waals surface area contributed by atoms with Crippen molar-refractivity contribution in [3.05, 3.63) is 37.5 Å². The van der Waals surface area contributed by atoms with Gasteiger partial charge in [0.05, 0.1) is 23.0 Å². The standard InChI is InChI=1S/C29H50N2O6S.C6H8.C2H6/c1-30-28(22-12-14-25(15-13-22)36-18-7-17-32)37-21-24-20-23-8-5-6-11-27(23)31(29(24)33)16-19-38(34,35)26-9-3-2-4-10-26;1-3-5-6-4-2;1-2/h22-27,32H,2-21H2,1H3;3-6H,1-2H2;1-2H3/b;6-5-;. The van der Waals surface area contributed by atoms with Crippen LogP contribution in [0.15, 0.2) is 42.5 Å². The van der Waals surface area contributed by atoms with Gasteiger partial charge in [-0.15, -0.1) is 0 Å². The topological polar surface area (TPSA) is 106 Å². The van der Waals surface area contributed by atoms with E-state index in [1.165, 1.54) is 6.42 Å². The Bertz CT molecular complexity index is 1030. The van der Waals surface area contributed by atoms with E-state index >= 15 is 0 Å². The lowest BCUT2D eigenvalue weighted by atomic mass is 9.74. The number of sulfone groups is 1. The number of amides is 1. The van der Waals surface area contributed by atoms with Gasteiger partial charge in [-0.1, -0.05) is 83.4 Å². The van der Waals surface area contributed by atoms with Crippen LogP contribution in [0.3, 0.4) is 0 Å². The van der Waals surface area contributed by atoms with E-state index in [9.17, 15) is 13.2 Å². The summed E-state index contributed by atoms with van der Waals surface area (Å²) in [7, 11) is -1.42. The molecule has 1 saturated heterocycles. The van der Waals surface area contributed by atoms with Gasteiger partial charge in [0.15, 0.2) is 15.7 Å². The van der Waals surface area contributed by atoms with Crippen molar-refractivity contribution in [3.63, 3.8) is 0 Å². The van der Waals surface area contributed by atoms with Crippen molar-refractivity contribution >= 4 is 21.6 Å². The zero-order valence-corrected chi connectivity index (χ0v) is 29.9. The zero-order chi connectivity index (χ0) is 33.8. The van der Waals surface area contributed by atoms with Crippen molar-refractivity contribution in [2.45, 2.75) is 128 Å². The van der Waals surface area contributed by atoms with Crippen molar-refractivity contribution in [1.82, 2.24) is 4.90 Å². The van der Waals surface area contributed by atoms with Gasteiger partial charge >= 0.3 is 0 Å². The first kappa shape index (κ1) is 40.2. The normalized spacial score (nSPS) is 27.5. The molecule has 3 aliphatic carbocycles. The van der Waals surface area contributed by atoms with Crippen LogP contribution >= 0.6 is 0 Å². The molecule has 1 heterocycles. The molecule has 0 aromatic rings. The summed E-state index contributed by atoms with van der Waals surface area (Å²) in [6, 6.07) is 0.175. The maximum absolute atomic E-state index is 13.7. The summed E-state index contributed by atoms with van der Waals surface area (Å²) in [5.74, 6) is 1.34. The predicted molar refractivity (Wildman–Crippen MR) is 190 cm³/mol. The van der Waals surface area contributed by atoms with Crippen molar-refractivity contribution in [2.75, 3.05) is 39.2 Å². The van der Waals surface area contributed by atoms with Gasteiger partial charge in [-0.25, -0.2) is 8.42 Å². The molecule has 0 aromatic heterocycles. The number of nitrogens with zero attached hydrogens (tertiary/aromatic N) is 2. The first-order valence-electron chi connectivity index (χ1n) is 18.1. The molecular weight excluding hydrogens is 600 g/mol. The van der Waals surface area contributed by atoms with Gasteiger partial charge in [-0.05, 0) is 70.1 Å². The van der Waals surface area contributed by atoms with Gasteiger partial charge < -0.3 is 19.5 Å². The molecule has 264 valence electrons. The first-order valence-corrected chi connectivity index (χ1v) is 19.8. The van der Waals surface area contributed by atoms with Crippen molar-refractivity contribution in [3.8, 4) is 0 Å². The van der Waals surface area contributed by atoms with Gasteiger partial charge in [0.1, 0.15) is 6.61 Å². The SMILES string of the molecule is C=C/C=C\C=C.CC.CN=C(OCC1CC2CCCCC2N(CCS(=O)(=O)C2CCCCC2)C1=O)C1CCC(OCCCO)CC1. The third-order valence-corrected chi connectivity index (χ3v) is 12.1. The number of piperidine rings is 1. The Labute approximate surface area is 280 Å². The molecular formula is C37H64N2O6S. The van der Waals surface area contributed by atoms with Gasteiger partial charge in [0.25, 0.3) is 0 Å². The summed E-state index contributed by atoms with van der Waals surface area (Å²) in [6.45, 7) is 12.3. The molecule has 4 aliphatic rings. The van der Waals surface area contributed by atoms with Crippen LogP contribution in [0.1, 0.15) is 110 Å². The van der Waals surface area contributed by atoms with Crippen LogP contribution in [-0.2, 0) is 24.1 Å². The van der Waals surface area contributed by atoms with Gasteiger partial charge in [0, 0.05) is 38.8 Å². The molecule has 8 nitrogen and oxygen atoms in total. The third-order valence-electron chi connectivity index (χ3n) is 9.88. The first-order chi connectivity index (χ1) is 22.3. The van der Waals surface area contributed by atoms with Crippen LogP contribution < -0.4 is 0 Å². The highest BCUT2D eigenvalue weighted by molar-refractivity contribution is 7.92. The minimum absolute atomic E-state index is 0.0726. The number of carbonyl (C=O) groups is 1. The Morgan fingerprint density at radius 1 is 0.957 bits per heavy atom. The number of fused-ring (bicyclic) bond motifs is 1. The highest BCUT2D eigenvalue weighted by Gasteiger charge is 2.43. The largest absolute Gasteiger partial charge is 0.480 e. The maximum atomic E-state index is 13.7. The van der Waals surface area contributed by atoms with Crippen molar-refractivity contribution in [1.29, 1.82) is 0 Å². The van der Waals surface area contributed by atoms with Crippen LogP contribution in [0.25, 0.3) is 0 Å². The highest BCUT2D eigenvalue weighted by Crippen LogP contribution is 2.39. The fraction of sp³-hybridized carbons (Fsp3) is 0.784. The number of carbonyl (C=O) groups excluding carboxylic acids is 1. The smallest absolute Gasteiger partial charge is 0.229 e. The fourth-order valence-electron chi connectivity index (χ4n) is 7.47. The summed E-state index contributed by atoms with van der Waals surface area (Å²) in [6.07, 6.45) is 21.7. The minimum Gasteiger partial charge on any atom is -0.480 e.